The van der Waals surface area contributed by atoms with Crippen molar-refractivity contribution in [3.63, 3.8) is 0 Å². The molecular formula is C10H10F3NO4. The summed E-state index contributed by atoms with van der Waals surface area (Å²) < 4.78 is 37.9. The molecular weight excluding hydrogens is 255 g/mol. The van der Waals surface area contributed by atoms with Crippen LogP contribution in [-0.2, 0) is 11.0 Å². The van der Waals surface area contributed by atoms with Crippen molar-refractivity contribution >= 4 is 11.7 Å². The number of anilines is 1. The third-order valence-electron chi connectivity index (χ3n) is 2.25. The molecule has 0 saturated heterocycles. The Morgan fingerprint density at radius 2 is 1.83 bits per heavy atom. The van der Waals surface area contributed by atoms with Crippen molar-refractivity contribution in [1.29, 1.82) is 0 Å². The average molecular weight is 265 g/mol. The molecule has 2 atom stereocenters. The zero-order chi connectivity index (χ0) is 14.1. The Kier molecular flexibility index (Phi) is 3.82. The molecule has 5 N–H and O–H groups in total. The van der Waals surface area contributed by atoms with Crippen LogP contribution < -0.4 is 5.73 Å². The largest absolute Gasteiger partial charge is 0.479 e. The van der Waals surface area contributed by atoms with Gasteiger partial charge >= 0.3 is 12.1 Å². The molecule has 100 valence electrons. The fraction of sp³-hybridized carbons (Fsp3) is 0.300. The molecule has 0 aliphatic rings. The van der Waals surface area contributed by atoms with Gasteiger partial charge in [0.15, 0.2) is 6.10 Å². The average Bonchev–Trinajstić information content (AvgIpc) is 2.25. The molecule has 0 saturated carbocycles. The van der Waals surface area contributed by atoms with Crippen molar-refractivity contribution in [2.75, 3.05) is 5.73 Å². The molecule has 0 aliphatic heterocycles. The van der Waals surface area contributed by atoms with Gasteiger partial charge in [0.05, 0.1) is 5.56 Å². The minimum Gasteiger partial charge on any atom is -0.479 e. The topological polar surface area (TPSA) is 104 Å². The second-order valence-corrected chi connectivity index (χ2v) is 3.57. The first-order valence-electron chi connectivity index (χ1n) is 4.70. The lowest BCUT2D eigenvalue weighted by Gasteiger charge is -2.19. The predicted octanol–water partition coefficient (Wildman–Crippen LogP) is 0.767. The number of hydrogen-bond acceptors (Lipinski definition) is 4. The molecule has 1 aromatic rings. The number of hydrogen-bond donors (Lipinski definition) is 4. The summed E-state index contributed by atoms with van der Waals surface area (Å²) in [4.78, 5) is 10.4. The number of carbonyl (C=O) groups is 1. The number of carboxylic acid groups (broad SMARTS) is 1. The third kappa shape index (κ3) is 2.90. The van der Waals surface area contributed by atoms with E-state index in [9.17, 15) is 23.1 Å². The molecule has 1 aromatic carbocycles. The number of rotatable bonds is 3. The standard InChI is InChI=1S/C10H10F3NO4/c11-10(12,13)6-2-1-4(14)3-5(6)7(15)8(16)9(17)18/h1-3,7-8,15-16H,14H2,(H,17,18). The molecule has 0 bridgehead atoms. The molecule has 18 heavy (non-hydrogen) atoms. The zero-order valence-electron chi connectivity index (χ0n) is 8.85. The highest BCUT2D eigenvalue weighted by Gasteiger charge is 2.37. The van der Waals surface area contributed by atoms with E-state index in [0.29, 0.717) is 6.07 Å². The maximum absolute atomic E-state index is 12.6. The maximum Gasteiger partial charge on any atom is 0.416 e. The van der Waals surface area contributed by atoms with Gasteiger partial charge in [-0.3, -0.25) is 0 Å². The second-order valence-electron chi connectivity index (χ2n) is 3.57. The lowest BCUT2D eigenvalue weighted by atomic mass is 9.97. The smallest absolute Gasteiger partial charge is 0.416 e. The predicted molar refractivity (Wildman–Crippen MR) is 54.5 cm³/mol. The van der Waals surface area contributed by atoms with Crippen molar-refractivity contribution in [2.24, 2.45) is 0 Å². The number of alkyl halides is 3. The number of aliphatic hydroxyl groups is 2. The molecule has 0 fully saturated rings. The summed E-state index contributed by atoms with van der Waals surface area (Å²) in [5, 5.41) is 27.0. The number of aliphatic carboxylic acids is 1. The summed E-state index contributed by atoms with van der Waals surface area (Å²) in [6, 6.07) is 2.36. The van der Waals surface area contributed by atoms with Gasteiger partial charge in [-0.1, -0.05) is 0 Å². The molecule has 5 nitrogen and oxygen atoms in total. The van der Waals surface area contributed by atoms with Crippen LogP contribution in [0.25, 0.3) is 0 Å². The van der Waals surface area contributed by atoms with Gasteiger partial charge in [0.2, 0.25) is 0 Å². The van der Waals surface area contributed by atoms with E-state index in [0.717, 1.165) is 12.1 Å². The van der Waals surface area contributed by atoms with E-state index in [-0.39, 0.29) is 5.69 Å². The van der Waals surface area contributed by atoms with E-state index >= 15 is 0 Å². The molecule has 1 rings (SSSR count). The Hall–Kier alpha value is -1.80. The zero-order valence-corrected chi connectivity index (χ0v) is 8.85. The highest BCUT2D eigenvalue weighted by atomic mass is 19.4. The lowest BCUT2D eigenvalue weighted by Crippen LogP contribution is -2.29. The minimum absolute atomic E-state index is 0.0883. The third-order valence-corrected chi connectivity index (χ3v) is 2.25. The SMILES string of the molecule is Nc1ccc(C(F)(F)F)c(C(O)C(O)C(=O)O)c1. The quantitative estimate of drug-likeness (QED) is 0.604. The Bertz CT molecular complexity index is 461. The van der Waals surface area contributed by atoms with Gasteiger partial charge in [-0.15, -0.1) is 0 Å². The van der Waals surface area contributed by atoms with Crippen LogP contribution >= 0.6 is 0 Å². The number of benzene rings is 1. The van der Waals surface area contributed by atoms with Crippen molar-refractivity contribution in [3.05, 3.63) is 29.3 Å². The van der Waals surface area contributed by atoms with Crippen LogP contribution in [0.1, 0.15) is 17.2 Å². The summed E-state index contributed by atoms with van der Waals surface area (Å²) in [7, 11) is 0. The monoisotopic (exact) mass is 265 g/mol. The van der Waals surface area contributed by atoms with Crippen LogP contribution in [0.5, 0.6) is 0 Å². The van der Waals surface area contributed by atoms with E-state index in [1.165, 1.54) is 0 Å². The number of aliphatic hydroxyl groups excluding tert-OH is 2. The molecule has 0 radical (unpaired) electrons. The second kappa shape index (κ2) is 4.83. The van der Waals surface area contributed by atoms with Gasteiger partial charge in [-0.25, -0.2) is 4.79 Å². The van der Waals surface area contributed by atoms with E-state index in [2.05, 4.69) is 0 Å². The number of carboxylic acids is 1. The van der Waals surface area contributed by atoms with E-state index in [4.69, 9.17) is 15.9 Å². The van der Waals surface area contributed by atoms with Crippen LogP contribution in [0.2, 0.25) is 0 Å². The summed E-state index contributed by atoms with van der Waals surface area (Å²) >= 11 is 0. The molecule has 0 aromatic heterocycles. The van der Waals surface area contributed by atoms with Crippen LogP contribution in [-0.4, -0.2) is 27.4 Å². The van der Waals surface area contributed by atoms with E-state index < -0.39 is 35.5 Å². The summed E-state index contributed by atoms with van der Waals surface area (Å²) in [6.45, 7) is 0. The number of nitrogen functional groups attached to an aromatic ring is 1. The molecule has 0 heterocycles. The Labute approximate surface area is 99.3 Å². The fourth-order valence-corrected chi connectivity index (χ4v) is 1.39. The molecule has 8 heteroatoms. The molecule has 0 spiro atoms. The summed E-state index contributed by atoms with van der Waals surface area (Å²) in [6.07, 6.45) is -9.38. The van der Waals surface area contributed by atoms with Crippen molar-refractivity contribution in [2.45, 2.75) is 18.4 Å². The Morgan fingerprint density at radius 1 is 1.28 bits per heavy atom. The maximum atomic E-state index is 12.6. The highest BCUT2D eigenvalue weighted by molar-refractivity contribution is 5.73. The van der Waals surface area contributed by atoms with Crippen LogP contribution in [0.4, 0.5) is 18.9 Å². The van der Waals surface area contributed by atoms with Gasteiger partial charge in [0, 0.05) is 5.69 Å². The van der Waals surface area contributed by atoms with Gasteiger partial charge in [0.25, 0.3) is 0 Å². The minimum atomic E-state index is -4.79. The number of halogens is 3. The van der Waals surface area contributed by atoms with Gasteiger partial charge in [-0.2, -0.15) is 13.2 Å². The first-order valence-corrected chi connectivity index (χ1v) is 4.70. The van der Waals surface area contributed by atoms with Crippen LogP contribution in [0.15, 0.2) is 18.2 Å². The van der Waals surface area contributed by atoms with Crippen molar-refractivity contribution in [1.82, 2.24) is 0 Å². The Balaban J connectivity index is 3.29. The van der Waals surface area contributed by atoms with E-state index in [1.807, 2.05) is 0 Å². The first-order chi connectivity index (χ1) is 8.14. The normalized spacial score (nSPS) is 15.2. The van der Waals surface area contributed by atoms with Crippen LogP contribution in [0, 0.1) is 0 Å². The van der Waals surface area contributed by atoms with Crippen molar-refractivity contribution in [3.8, 4) is 0 Å². The van der Waals surface area contributed by atoms with Gasteiger partial charge in [-0.05, 0) is 23.8 Å². The van der Waals surface area contributed by atoms with Crippen molar-refractivity contribution < 1.29 is 33.3 Å². The molecule has 0 amide bonds. The lowest BCUT2D eigenvalue weighted by molar-refractivity contribution is -0.155. The summed E-state index contributed by atoms with van der Waals surface area (Å²) in [5.74, 6) is -1.84. The van der Waals surface area contributed by atoms with Gasteiger partial charge < -0.3 is 21.1 Å². The fourth-order valence-electron chi connectivity index (χ4n) is 1.39. The van der Waals surface area contributed by atoms with Crippen LogP contribution in [0.3, 0.4) is 0 Å². The first kappa shape index (κ1) is 14.3. The Morgan fingerprint density at radius 3 is 2.28 bits per heavy atom. The van der Waals surface area contributed by atoms with Gasteiger partial charge in [0.1, 0.15) is 6.10 Å². The highest BCUT2D eigenvalue weighted by Crippen LogP contribution is 2.36. The molecule has 0 aliphatic carbocycles. The summed E-state index contributed by atoms with van der Waals surface area (Å²) in [5.41, 5.74) is 3.16. The number of nitrogens with two attached hydrogens (primary N) is 1. The molecule has 2 unspecified atom stereocenters. The van der Waals surface area contributed by atoms with E-state index in [1.54, 1.807) is 0 Å².